The van der Waals surface area contributed by atoms with E-state index in [1.54, 1.807) is 32.3 Å². The number of rotatable bonds is 7. The fraction of sp³-hybridized carbons (Fsp3) is 0.348. The lowest BCUT2D eigenvalue weighted by molar-refractivity contribution is 0.160. The number of halogens is 1. The monoisotopic (exact) mass is 500 g/mol. The van der Waals surface area contributed by atoms with Crippen molar-refractivity contribution in [2.75, 3.05) is 24.2 Å². The molecule has 0 atom stereocenters. The van der Waals surface area contributed by atoms with E-state index in [-0.39, 0.29) is 28.2 Å². The van der Waals surface area contributed by atoms with Crippen molar-refractivity contribution in [3.63, 3.8) is 0 Å². The predicted molar refractivity (Wildman–Crippen MR) is 127 cm³/mol. The van der Waals surface area contributed by atoms with E-state index in [9.17, 15) is 12.8 Å². The van der Waals surface area contributed by atoms with Gasteiger partial charge in [-0.05, 0) is 38.1 Å². The molecule has 0 N–H and O–H groups in total. The lowest BCUT2D eigenvalue weighted by Crippen LogP contribution is -2.39. The fourth-order valence-electron chi connectivity index (χ4n) is 3.60. The van der Waals surface area contributed by atoms with Gasteiger partial charge in [0.1, 0.15) is 18.2 Å². The Labute approximate surface area is 202 Å². The number of anilines is 1. The predicted octanol–water partition coefficient (Wildman–Crippen LogP) is 2.97. The molecule has 10 nitrogen and oxygen atoms in total. The van der Waals surface area contributed by atoms with Gasteiger partial charge in [0.15, 0.2) is 9.84 Å². The summed E-state index contributed by atoms with van der Waals surface area (Å²) in [5.41, 5.74) is 0.902. The Bertz CT molecular complexity index is 1330. The zero-order valence-electron chi connectivity index (χ0n) is 19.5. The van der Waals surface area contributed by atoms with E-state index >= 15 is 0 Å². The first-order valence-corrected chi connectivity index (χ1v) is 12.8. The summed E-state index contributed by atoms with van der Waals surface area (Å²) in [5.74, 6) is 0.558. The van der Waals surface area contributed by atoms with Crippen LogP contribution in [0.15, 0.2) is 53.0 Å². The third-order valence-electron chi connectivity index (χ3n) is 5.57. The van der Waals surface area contributed by atoms with Crippen molar-refractivity contribution in [3.8, 4) is 11.8 Å². The SMILES string of the molecule is C/C(=N/Oc1ncnc(OC2CCN(c3ncccn3)CC2)c1C)c1ccc(S(C)(=O)=O)cc1F. The molecular formula is C23H25FN6O4S. The highest BCUT2D eigenvalue weighted by Gasteiger charge is 2.24. The van der Waals surface area contributed by atoms with Crippen molar-refractivity contribution in [1.82, 2.24) is 19.9 Å². The Hall–Kier alpha value is -3.67. The largest absolute Gasteiger partial charge is 0.474 e. The highest BCUT2D eigenvalue weighted by Crippen LogP contribution is 2.26. The van der Waals surface area contributed by atoms with Crippen LogP contribution in [0.2, 0.25) is 0 Å². The van der Waals surface area contributed by atoms with Crippen LogP contribution in [0.1, 0.15) is 30.9 Å². The molecule has 0 unspecified atom stereocenters. The summed E-state index contributed by atoms with van der Waals surface area (Å²) in [6.07, 6.45) is 7.29. The van der Waals surface area contributed by atoms with Gasteiger partial charge >= 0.3 is 0 Å². The van der Waals surface area contributed by atoms with E-state index < -0.39 is 15.7 Å². The molecule has 1 saturated heterocycles. The molecule has 3 heterocycles. The van der Waals surface area contributed by atoms with Crippen molar-refractivity contribution >= 4 is 21.5 Å². The van der Waals surface area contributed by atoms with Gasteiger partial charge in [-0.25, -0.2) is 27.8 Å². The number of nitrogens with zero attached hydrogens (tertiary/aromatic N) is 6. The van der Waals surface area contributed by atoms with Gasteiger partial charge in [-0.15, -0.1) is 0 Å². The summed E-state index contributed by atoms with van der Waals surface area (Å²) in [4.78, 5) is 24.4. The molecule has 0 radical (unpaired) electrons. The number of ether oxygens (including phenoxy) is 1. The average Bonchev–Trinajstić information content (AvgIpc) is 2.85. The first-order valence-electron chi connectivity index (χ1n) is 10.9. The number of benzene rings is 1. The topological polar surface area (TPSA) is 120 Å². The highest BCUT2D eigenvalue weighted by molar-refractivity contribution is 7.90. The number of sulfone groups is 1. The van der Waals surface area contributed by atoms with E-state index in [0.717, 1.165) is 38.3 Å². The molecule has 0 aliphatic carbocycles. The number of hydrogen-bond acceptors (Lipinski definition) is 10. The molecule has 3 aromatic rings. The summed E-state index contributed by atoms with van der Waals surface area (Å²) in [5, 5.41) is 3.97. The second-order valence-electron chi connectivity index (χ2n) is 8.14. The van der Waals surface area contributed by atoms with Gasteiger partial charge in [0.05, 0.1) is 16.2 Å². The zero-order valence-corrected chi connectivity index (χ0v) is 20.4. The van der Waals surface area contributed by atoms with Crippen molar-refractivity contribution in [3.05, 3.63) is 59.9 Å². The maximum Gasteiger partial charge on any atom is 0.258 e. The second kappa shape index (κ2) is 10.3. The van der Waals surface area contributed by atoms with E-state index in [4.69, 9.17) is 9.57 Å². The summed E-state index contributed by atoms with van der Waals surface area (Å²) in [6, 6.07) is 5.42. The van der Waals surface area contributed by atoms with E-state index in [2.05, 4.69) is 30.0 Å². The lowest BCUT2D eigenvalue weighted by Gasteiger charge is -2.32. The van der Waals surface area contributed by atoms with Crippen LogP contribution in [0, 0.1) is 12.7 Å². The number of oxime groups is 1. The minimum absolute atomic E-state index is 0.0379. The van der Waals surface area contributed by atoms with Crippen LogP contribution in [0.25, 0.3) is 0 Å². The molecule has 4 rings (SSSR count). The summed E-state index contributed by atoms with van der Waals surface area (Å²) in [7, 11) is -3.51. The average molecular weight is 501 g/mol. The van der Waals surface area contributed by atoms with Crippen LogP contribution in [0.4, 0.5) is 10.3 Å². The van der Waals surface area contributed by atoms with Crippen LogP contribution in [-0.2, 0) is 9.84 Å². The van der Waals surface area contributed by atoms with Gasteiger partial charge in [0, 0.05) is 50.1 Å². The number of piperidine rings is 1. The molecule has 1 aromatic carbocycles. The minimum Gasteiger partial charge on any atom is -0.474 e. The third kappa shape index (κ3) is 5.88. The quantitative estimate of drug-likeness (QED) is 0.356. The van der Waals surface area contributed by atoms with Crippen molar-refractivity contribution in [1.29, 1.82) is 0 Å². The Kier molecular flexibility index (Phi) is 7.20. The van der Waals surface area contributed by atoms with Crippen LogP contribution in [0.3, 0.4) is 0 Å². The number of aromatic nitrogens is 4. The van der Waals surface area contributed by atoms with Crippen LogP contribution >= 0.6 is 0 Å². The molecule has 1 aliphatic rings. The van der Waals surface area contributed by atoms with E-state index in [1.807, 2.05) is 0 Å². The maximum absolute atomic E-state index is 14.4. The number of hydrogen-bond donors (Lipinski definition) is 0. The summed E-state index contributed by atoms with van der Waals surface area (Å²) in [6.45, 7) is 4.82. The molecule has 12 heteroatoms. The van der Waals surface area contributed by atoms with Gasteiger partial charge in [0.25, 0.3) is 5.88 Å². The molecule has 0 spiro atoms. The molecule has 35 heavy (non-hydrogen) atoms. The molecule has 1 fully saturated rings. The normalized spacial score (nSPS) is 15.2. The van der Waals surface area contributed by atoms with Crippen molar-refractivity contribution in [2.45, 2.75) is 37.7 Å². The highest BCUT2D eigenvalue weighted by atomic mass is 32.2. The van der Waals surface area contributed by atoms with Gasteiger partial charge in [-0.1, -0.05) is 5.16 Å². The Morgan fingerprint density at radius 3 is 2.46 bits per heavy atom. The van der Waals surface area contributed by atoms with Crippen molar-refractivity contribution in [2.24, 2.45) is 5.16 Å². The van der Waals surface area contributed by atoms with Gasteiger partial charge in [-0.2, -0.15) is 4.98 Å². The molecular weight excluding hydrogens is 475 g/mol. The van der Waals surface area contributed by atoms with E-state index in [0.29, 0.717) is 17.4 Å². The van der Waals surface area contributed by atoms with Crippen molar-refractivity contribution < 1.29 is 22.4 Å². The standard InChI is InChI=1S/C23H25FN6O4S/c1-15-21(33-17-7-11-30(12-8-17)23-25-9-4-10-26-23)27-14-28-22(15)34-29-16(2)19-6-5-18(13-20(19)24)35(3,31)32/h4-6,9-10,13-14,17H,7-8,11-12H2,1-3H3/b29-16-. The fourth-order valence-corrected chi connectivity index (χ4v) is 4.23. The first-order chi connectivity index (χ1) is 16.7. The third-order valence-corrected chi connectivity index (χ3v) is 6.68. The molecule has 2 aromatic heterocycles. The second-order valence-corrected chi connectivity index (χ2v) is 10.2. The molecule has 184 valence electrons. The first kappa shape index (κ1) is 24.5. The van der Waals surface area contributed by atoms with Crippen LogP contribution in [-0.4, -0.2) is 59.5 Å². The smallest absolute Gasteiger partial charge is 0.258 e. The Morgan fingerprint density at radius 2 is 1.80 bits per heavy atom. The summed E-state index contributed by atoms with van der Waals surface area (Å²) >= 11 is 0. The van der Waals surface area contributed by atoms with Gasteiger partial charge in [-0.3, -0.25) is 0 Å². The summed E-state index contributed by atoms with van der Waals surface area (Å²) < 4.78 is 43.8. The van der Waals surface area contributed by atoms with Crippen LogP contribution < -0.4 is 14.5 Å². The maximum atomic E-state index is 14.4. The molecule has 1 aliphatic heterocycles. The van der Waals surface area contributed by atoms with E-state index in [1.165, 1.54) is 18.5 Å². The van der Waals surface area contributed by atoms with Gasteiger partial charge in [0.2, 0.25) is 11.8 Å². The Morgan fingerprint density at radius 1 is 1.11 bits per heavy atom. The lowest BCUT2D eigenvalue weighted by atomic mass is 10.1. The minimum atomic E-state index is -3.51. The van der Waals surface area contributed by atoms with Gasteiger partial charge < -0.3 is 14.5 Å². The molecule has 0 amide bonds. The molecule has 0 bridgehead atoms. The Balaban J connectivity index is 1.41. The van der Waals surface area contributed by atoms with Crippen LogP contribution in [0.5, 0.6) is 11.8 Å². The zero-order chi connectivity index (χ0) is 25.0. The molecule has 0 saturated carbocycles.